The van der Waals surface area contributed by atoms with Gasteiger partial charge in [0, 0.05) is 21.4 Å². The fourth-order valence-corrected chi connectivity index (χ4v) is 3.79. The molecule has 2 aliphatic rings. The Labute approximate surface area is 173 Å². The number of hydrazone groups is 1. The molecule has 1 fully saturated rings. The predicted octanol–water partition coefficient (Wildman–Crippen LogP) is 5.61. The zero-order valence-corrected chi connectivity index (χ0v) is 17.1. The summed E-state index contributed by atoms with van der Waals surface area (Å²) in [5, 5.41) is 8.26. The number of nitrogens with zero attached hydrogens (tertiary/aromatic N) is 3. The van der Waals surface area contributed by atoms with Crippen molar-refractivity contribution in [2.45, 2.75) is 36.6 Å². The van der Waals surface area contributed by atoms with Crippen LogP contribution < -0.4 is 4.72 Å². The number of aliphatic imine (C=N–C) groups is 1. The lowest BCUT2D eigenvalue weighted by atomic mass is 9.94. The van der Waals surface area contributed by atoms with Crippen LogP contribution in [0, 0.1) is 0 Å². The van der Waals surface area contributed by atoms with Crippen LogP contribution in [0.25, 0.3) is 0 Å². The summed E-state index contributed by atoms with van der Waals surface area (Å²) in [4.78, 5) is 5.98. The minimum atomic E-state index is 0.396. The second-order valence-corrected chi connectivity index (χ2v) is 8.37. The average molecular weight is 419 g/mol. The molecule has 1 saturated carbocycles. The van der Waals surface area contributed by atoms with E-state index < -0.39 is 0 Å². The van der Waals surface area contributed by atoms with E-state index in [1.807, 2.05) is 53.5 Å². The van der Waals surface area contributed by atoms with Gasteiger partial charge in [-0.05, 0) is 73.2 Å². The van der Waals surface area contributed by atoms with E-state index in [1.54, 1.807) is 0 Å². The third-order valence-electron chi connectivity index (χ3n) is 4.68. The zero-order valence-electron chi connectivity index (χ0n) is 14.7. The number of hydrogen-bond acceptors (Lipinski definition) is 3. The lowest BCUT2D eigenvalue weighted by Crippen LogP contribution is -2.35. The molecule has 0 amide bonds. The first-order chi connectivity index (χ1) is 13.2. The average Bonchev–Trinajstić information content (AvgIpc) is 3.12. The van der Waals surface area contributed by atoms with Crippen molar-refractivity contribution < 1.29 is 0 Å². The van der Waals surface area contributed by atoms with Crippen LogP contribution in [-0.4, -0.2) is 29.3 Å². The molecule has 1 N–H and O–H groups in total. The first-order valence-corrected chi connectivity index (χ1v) is 10.6. The van der Waals surface area contributed by atoms with Crippen molar-refractivity contribution in [3.8, 4) is 0 Å². The second kappa shape index (κ2) is 8.55. The molecule has 1 aliphatic carbocycles. The van der Waals surface area contributed by atoms with Crippen LogP contribution in [0.1, 0.15) is 31.2 Å². The Balaban J connectivity index is 1.49. The standard InChI is InChI=1S/C20H20Cl2N4S/c21-15-6-4-14(5-7-15)19-12-13-26(24-19)20(23-17-2-1-3-17)25-27-18-10-8-16(22)9-11-18/h4-11,17H,1-3,12-13H2,(H,23,25). The van der Waals surface area contributed by atoms with Gasteiger partial charge in [0.15, 0.2) is 0 Å². The largest absolute Gasteiger partial charge is 0.295 e. The molecule has 0 radical (unpaired) electrons. The Morgan fingerprint density at radius 3 is 2.33 bits per heavy atom. The van der Waals surface area contributed by atoms with Crippen LogP contribution in [-0.2, 0) is 0 Å². The van der Waals surface area contributed by atoms with Gasteiger partial charge in [-0.2, -0.15) is 5.10 Å². The summed E-state index contributed by atoms with van der Waals surface area (Å²) in [5.41, 5.74) is 2.17. The van der Waals surface area contributed by atoms with Gasteiger partial charge in [0.2, 0.25) is 5.96 Å². The Bertz CT molecular complexity index is 845. The fraction of sp³-hybridized carbons (Fsp3) is 0.300. The Morgan fingerprint density at radius 2 is 1.70 bits per heavy atom. The topological polar surface area (TPSA) is 40.0 Å². The van der Waals surface area contributed by atoms with Crippen molar-refractivity contribution in [3.05, 3.63) is 64.1 Å². The van der Waals surface area contributed by atoms with Gasteiger partial charge >= 0.3 is 0 Å². The van der Waals surface area contributed by atoms with Gasteiger partial charge < -0.3 is 0 Å². The molecule has 0 spiro atoms. The zero-order chi connectivity index (χ0) is 18.6. The van der Waals surface area contributed by atoms with E-state index in [9.17, 15) is 0 Å². The molecule has 0 bridgehead atoms. The Kier molecular flexibility index (Phi) is 5.91. The highest BCUT2D eigenvalue weighted by atomic mass is 35.5. The lowest BCUT2D eigenvalue weighted by Gasteiger charge is -2.25. The SMILES string of the molecule is Clc1ccc(SNC(=NC2CCC2)N2CCC(c3ccc(Cl)cc3)=N2)cc1. The molecule has 4 rings (SSSR count). The van der Waals surface area contributed by atoms with Crippen LogP contribution in [0.4, 0.5) is 0 Å². The van der Waals surface area contributed by atoms with Crippen molar-refractivity contribution >= 4 is 46.8 Å². The van der Waals surface area contributed by atoms with Gasteiger partial charge in [-0.15, -0.1) is 0 Å². The van der Waals surface area contributed by atoms with Crippen molar-refractivity contribution in [1.82, 2.24) is 9.73 Å². The summed E-state index contributed by atoms with van der Waals surface area (Å²) >= 11 is 13.5. The van der Waals surface area contributed by atoms with E-state index in [0.29, 0.717) is 6.04 Å². The van der Waals surface area contributed by atoms with Gasteiger partial charge in [-0.25, -0.2) is 10.0 Å². The van der Waals surface area contributed by atoms with Crippen molar-refractivity contribution in [2.75, 3.05) is 6.54 Å². The minimum Gasteiger partial charge on any atom is -0.295 e. The van der Waals surface area contributed by atoms with Gasteiger partial charge in [-0.1, -0.05) is 35.3 Å². The summed E-state index contributed by atoms with van der Waals surface area (Å²) in [6, 6.07) is 16.0. The number of nitrogens with one attached hydrogen (secondary N) is 1. The molecule has 1 aliphatic heterocycles. The molecule has 1 heterocycles. The molecule has 0 unspecified atom stereocenters. The maximum Gasteiger partial charge on any atom is 0.225 e. The fourth-order valence-electron chi connectivity index (χ4n) is 2.90. The molecule has 0 saturated heterocycles. The Morgan fingerprint density at radius 1 is 1.04 bits per heavy atom. The predicted molar refractivity (Wildman–Crippen MR) is 115 cm³/mol. The molecule has 27 heavy (non-hydrogen) atoms. The van der Waals surface area contributed by atoms with Crippen LogP contribution in [0.3, 0.4) is 0 Å². The molecule has 0 aromatic heterocycles. The van der Waals surface area contributed by atoms with Crippen LogP contribution in [0.15, 0.2) is 63.5 Å². The lowest BCUT2D eigenvalue weighted by molar-refractivity contribution is 0.403. The van der Waals surface area contributed by atoms with E-state index in [4.69, 9.17) is 33.3 Å². The molecule has 2 aromatic rings. The first kappa shape index (κ1) is 18.7. The minimum absolute atomic E-state index is 0.396. The number of guanidine groups is 1. The van der Waals surface area contributed by atoms with Crippen LogP contribution >= 0.6 is 35.1 Å². The summed E-state index contributed by atoms with van der Waals surface area (Å²) in [6.07, 6.45) is 4.44. The maximum absolute atomic E-state index is 6.00. The smallest absolute Gasteiger partial charge is 0.225 e. The first-order valence-electron chi connectivity index (χ1n) is 9.04. The number of halogens is 2. The van der Waals surface area contributed by atoms with E-state index >= 15 is 0 Å². The monoisotopic (exact) mass is 418 g/mol. The highest BCUT2D eigenvalue weighted by Gasteiger charge is 2.24. The summed E-state index contributed by atoms with van der Waals surface area (Å²) in [7, 11) is 0. The molecular weight excluding hydrogens is 399 g/mol. The number of rotatable bonds is 4. The molecule has 4 nitrogen and oxygen atoms in total. The van der Waals surface area contributed by atoms with Crippen LogP contribution in [0.2, 0.25) is 10.0 Å². The van der Waals surface area contributed by atoms with E-state index in [1.165, 1.54) is 18.4 Å². The van der Waals surface area contributed by atoms with Gasteiger partial charge in [-0.3, -0.25) is 4.72 Å². The summed E-state index contributed by atoms with van der Waals surface area (Å²) in [6.45, 7) is 0.817. The van der Waals surface area contributed by atoms with Gasteiger partial charge in [0.05, 0.1) is 18.3 Å². The number of hydrogen-bond donors (Lipinski definition) is 1. The van der Waals surface area contributed by atoms with Crippen molar-refractivity contribution in [1.29, 1.82) is 0 Å². The quantitative estimate of drug-likeness (QED) is 0.398. The molecular formula is C20H20Cl2N4S. The normalized spacial score (nSPS) is 17.6. The van der Waals surface area contributed by atoms with Gasteiger partial charge in [0.1, 0.15) is 0 Å². The van der Waals surface area contributed by atoms with Crippen LogP contribution in [0.5, 0.6) is 0 Å². The van der Waals surface area contributed by atoms with E-state index in [-0.39, 0.29) is 0 Å². The van der Waals surface area contributed by atoms with Gasteiger partial charge in [0.25, 0.3) is 0 Å². The summed E-state index contributed by atoms with van der Waals surface area (Å²) in [5.74, 6) is 0.823. The van der Waals surface area contributed by atoms with Crippen molar-refractivity contribution in [2.24, 2.45) is 10.1 Å². The molecule has 140 valence electrons. The van der Waals surface area contributed by atoms with E-state index in [0.717, 1.165) is 58.0 Å². The van der Waals surface area contributed by atoms with Crippen molar-refractivity contribution in [3.63, 3.8) is 0 Å². The second-order valence-electron chi connectivity index (χ2n) is 6.62. The molecule has 7 heteroatoms. The molecule has 2 aromatic carbocycles. The molecule has 0 atom stereocenters. The highest BCUT2D eigenvalue weighted by molar-refractivity contribution is 7.98. The number of benzene rings is 2. The third kappa shape index (κ3) is 4.78. The van der Waals surface area contributed by atoms with E-state index in [2.05, 4.69) is 4.72 Å². The highest BCUT2D eigenvalue weighted by Crippen LogP contribution is 2.25. The Hall–Kier alpha value is -1.69. The maximum atomic E-state index is 6.00. The third-order valence-corrected chi connectivity index (χ3v) is 5.97. The summed E-state index contributed by atoms with van der Waals surface area (Å²) < 4.78 is 3.40.